The number of carbonyl (C=O) groups is 1. The van der Waals surface area contributed by atoms with Crippen molar-refractivity contribution in [3.05, 3.63) is 24.8 Å². The molecule has 74 valence electrons. The van der Waals surface area contributed by atoms with Crippen LogP contribution in [0, 0.1) is 0 Å². The predicted octanol–water partition coefficient (Wildman–Crippen LogP) is 1.27. The molecule has 13 heavy (non-hydrogen) atoms. The third-order valence-corrected chi connectivity index (χ3v) is 1.38. The lowest BCUT2D eigenvalue weighted by atomic mass is 10.3. The lowest BCUT2D eigenvalue weighted by Crippen LogP contribution is -2.20. The Hall–Kier alpha value is -1.09. The van der Waals surface area contributed by atoms with E-state index in [9.17, 15) is 4.79 Å². The summed E-state index contributed by atoms with van der Waals surface area (Å²) in [5.74, 6) is -0.271. The number of nitrogens with one attached hydrogen (secondary N) is 1. The van der Waals surface area contributed by atoms with Crippen molar-refractivity contribution in [3.63, 3.8) is 0 Å². The first-order valence-corrected chi connectivity index (χ1v) is 4.28. The van der Waals surface area contributed by atoms with Crippen LogP contribution in [0.1, 0.15) is 13.3 Å². The first-order chi connectivity index (χ1) is 6.16. The predicted molar refractivity (Wildman–Crippen MR) is 53.5 cm³/mol. The molecule has 0 fully saturated rings. The van der Waals surface area contributed by atoms with E-state index in [4.69, 9.17) is 4.74 Å². The van der Waals surface area contributed by atoms with Crippen LogP contribution in [0.4, 0.5) is 0 Å². The van der Waals surface area contributed by atoms with Gasteiger partial charge in [0.25, 0.3) is 0 Å². The molecule has 0 spiro atoms. The van der Waals surface area contributed by atoms with E-state index in [0.717, 1.165) is 18.5 Å². The third-order valence-electron chi connectivity index (χ3n) is 1.38. The van der Waals surface area contributed by atoms with Gasteiger partial charge in [-0.25, -0.2) is 0 Å². The van der Waals surface area contributed by atoms with Gasteiger partial charge in [-0.2, -0.15) is 0 Å². The Morgan fingerprint density at radius 1 is 1.62 bits per heavy atom. The van der Waals surface area contributed by atoms with Crippen molar-refractivity contribution >= 4 is 5.97 Å². The zero-order valence-electron chi connectivity index (χ0n) is 8.14. The van der Waals surface area contributed by atoms with Crippen LogP contribution < -0.4 is 5.32 Å². The molecule has 0 saturated heterocycles. The summed E-state index contributed by atoms with van der Waals surface area (Å²) in [4.78, 5) is 10.4. The molecular weight excluding hydrogens is 166 g/mol. The molecule has 3 heteroatoms. The van der Waals surface area contributed by atoms with Crippen LogP contribution in [0.2, 0.25) is 0 Å². The van der Waals surface area contributed by atoms with Crippen LogP contribution in [0.25, 0.3) is 0 Å². The largest absolute Gasteiger partial charge is 0.461 e. The van der Waals surface area contributed by atoms with Crippen molar-refractivity contribution in [2.24, 2.45) is 0 Å². The molecule has 0 amide bonds. The fraction of sp³-hybridized carbons (Fsp3) is 0.500. The van der Waals surface area contributed by atoms with Crippen molar-refractivity contribution in [2.75, 3.05) is 19.7 Å². The van der Waals surface area contributed by atoms with Gasteiger partial charge >= 0.3 is 5.97 Å². The van der Waals surface area contributed by atoms with Crippen molar-refractivity contribution in [3.8, 4) is 0 Å². The number of ether oxygens (including phenoxy) is 1. The number of hydrogen-bond donors (Lipinski definition) is 1. The summed E-state index contributed by atoms with van der Waals surface area (Å²) in [7, 11) is 0. The smallest absolute Gasteiger partial charge is 0.302 e. The van der Waals surface area contributed by atoms with Gasteiger partial charge in [-0.1, -0.05) is 12.7 Å². The van der Waals surface area contributed by atoms with E-state index >= 15 is 0 Å². The van der Waals surface area contributed by atoms with Crippen molar-refractivity contribution in [1.29, 1.82) is 0 Å². The molecule has 0 unspecified atom stereocenters. The summed E-state index contributed by atoms with van der Waals surface area (Å²) in [6.45, 7) is 10.6. The van der Waals surface area contributed by atoms with Gasteiger partial charge in [0.15, 0.2) is 0 Å². The molecule has 0 heterocycles. The van der Waals surface area contributed by atoms with E-state index in [2.05, 4.69) is 18.5 Å². The molecule has 0 atom stereocenters. The number of rotatable bonds is 7. The maximum atomic E-state index is 10.4. The van der Waals surface area contributed by atoms with Gasteiger partial charge in [-0.05, 0) is 18.5 Å². The molecule has 0 rings (SSSR count). The van der Waals surface area contributed by atoms with Crippen molar-refractivity contribution in [1.82, 2.24) is 5.32 Å². The highest BCUT2D eigenvalue weighted by Gasteiger charge is 1.96. The normalized spacial score (nSPS) is 9.31. The average molecular weight is 183 g/mol. The average Bonchev–Trinajstić information content (AvgIpc) is 2.09. The Labute approximate surface area is 79.5 Å². The maximum Gasteiger partial charge on any atom is 0.302 e. The molecule has 0 aliphatic carbocycles. The highest BCUT2D eigenvalue weighted by Crippen LogP contribution is 1.90. The molecule has 0 radical (unpaired) electrons. The van der Waals surface area contributed by atoms with Crippen LogP contribution in [0.3, 0.4) is 0 Å². The number of carbonyl (C=O) groups excluding carboxylic acids is 1. The Morgan fingerprint density at radius 2 is 2.31 bits per heavy atom. The van der Waals surface area contributed by atoms with Crippen LogP contribution in [-0.2, 0) is 9.53 Å². The van der Waals surface area contributed by atoms with Gasteiger partial charge in [0.1, 0.15) is 6.61 Å². The van der Waals surface area contributed by atoms with E-state index in [1.807, 2.05) is 6.08 Å². The second-order valence-electron chi connectivity index (χ2n) is 2.78. The minimum absolute atomic E-state index is 0.271. The quantitative estimate of drug-likeness (QED) is 0.367. The Balaban J connectivity index is 3.30. The molecule has 0 aliphatic rings. The van der Waals surface area contributed by atoms with Crippen LogP contribution in [-0.4, -0.2) is 25.7 Å². The van der Waals surface area contributed by atoms with Crippen LogP contribution in [0.15, 0.2) is 24.8 Å². The summed E-state index contributed by atoms with van der Waals surface area (Å²) in [6, 6.07) is 0. The molecule has 0 aliphatic heterocycles. The van der Waals surface area contributed by atoms with Gasteiger partial charge in [0, 0.05) is 13.5 Å². The van der Waals surface area contributed by atoms with E-state index in [1.54, 1.807) is 0 Å². The van der Waals surface area contributed by atoms with Gasteiger partial charge in [-0.3, -0.25) is 4.79 Å². The summed E-state index contributed by atoms with van der Waals surface area (Å²) in [6.07, 6.45) is 2.78. The van der Waals surface area contributed by atoms with Gasteiger partial charge < -0.3 is 10.1 Å². The zero-order valence-corrected chi connectivity index (χ0v) is 8.14. The Morgan fingerprint density at radius 3 is 2.85 bits per heavy atom. The second kappa shape index (κ2) is 7.55. The number of esters is 1. The third kappa shape index (κ3) is 8.82. The van der Waals surface area contributed by atoms with Crippen molar-refractivity contribution in [2.45, 2.75) is 13.3 Å². The molecule has 0 saturated carbocycles. The van der Waals surface area contributed by atoms with E-state index in [-0.39, 0.29) is 5.97 Å². The summed E-state index contributed by atoms with van der Waals surface area (Å²) < 4.78 is 4.76. The van der Waals surface area contributed by atoms with Crippen LogP contribution in [0.5, 0.6) is 0 Å². The van der Waals surface area contributed by atoms with E-state index in [0.29, 0.717) is 13.2 Å². The summed E-state index contributed by atoms with van der Waals surface area (Å²) in [5.41, 5.74) is 0.874. The Kier molecular flexibility index (Phi) is 6.92. The fourth-order valence-corrected chi connectivity index (χ4v) is 0.724. The molecule has 0 aromatic heterocycles. The molecule has 1 N–H and O–H groups in total. The summed E-state index contributed by atoms with van der Waals surface area (Å²) in [5, 5.41) is 3.15. The first kappa shape index (κ1) is 11.9. The summed E-state index contributed by atoms with van der Waals surface area (Å²) >= 11 is 0. The highest BCUT2D eigenvalue weighted by molar-refractivity contribution is 5.66. The lowest BCUT2D eigenvalue weighted by molar-refractivity contribution is -0.139. The van der Waals surface area contributed by atoms with Gasteiger partial charge in [0.05, 0.1) is 0 Å². The Bertz CT molecular complexity index is 187. The van der Waals surface area contributed by atoms with Crippen molar-refractivity contribution < 1.29 is 9.53 Å². The van der Waals surface area contributed by atoms with Gasteiger partial charge in [-0.15, -0.1) is 6.58 Å². The lowest BCUT2D eigenvalue weighted by Gasteiger charge is -2.06. The second-order valence-corrected chi connectivity index (χ2v) is 2.78. The molecule has 3 nitrogen and oxygen atoms in total. The topological polar surface area (TPSA) is 38.3 Å². The SMILES string of the molecule is C=CCCNCC(=C)COC(C)=O. The van der Waals surface area contributed by atoms with E-state index in [1.165, 1.54) is 6.92 Å². The van der Waals surface area contributed by atoms with E-state index < -0.39 is 0 Å². The standard InChI is InChI=1S/C10H17NO2/c1-4-5-6-11-7-9(2)8-13-10(3)12/h4,11H,1-2,5-8H2,3H3. The van der Waals surface area contributed by atoms with Crippen LogP contribution >= 0.6 is 0 Å². The monoisotopic (exact) mass is 183 g/mol. The number of hydrogen-bond acceptors (Lipinski definition) is 3. The zero-order chi connectivity index (χ0) is 10.1. The molecule has 0 aromatic carbocycles. The maximum absolute atomic E-state index is 10.4. The minimum Gasteiger partial charge on any atom is -0.461 e. The highest BCUT2D eigenvalue weighted by atomic mass is 16.5. The molecule has 0 bridgehead atoms. The first-order valence-electron chi connectivity index (χ1n) is 4.28. The minimum atomic E-state index is -0.271. The molecular formula is C10H17NO2. The fourth-order valence-electron chi connectivity index (χ4n) is 0.724. The van der Waals surface area contributed by atoms with Gasteiger partial charge in [0.2, 0.25) is 0 Å². The molecule has 0 aromatic rings.